The summed E-state index contributed by atoms with van der Waals surface area (Å²) >= 11 is 7.10. The van der Waals surface area contributed by atoms with Gasteiger partial charge in [0.2, 0.25) is 0 Å². The highest BCUT2D eigenvalue weighted by atomic mass is 35.5. The summed E-state index contributed by atoms with van der Waals surface area (Å²) in [4.78, 5) is 16.1. The van der Waals surface area contributed by atoms with E-state index in [9.17, 15) is 9.18 Å². The fourth-order valence-corrected chi connectivity index (χ4v) is 7.06. The first kappa shape index (κ1) is 31.1. The Morgan fingerprint density at radius 2 is 1.84 bits per heavy atom. The molecule has 5 aromatic rings. The molecule has 0 unspecified atom stereocenters. The van der Waals surface area contributed by atoms with Crippen molar-refractivity contribution in [2.45, 2.75) is 52.5 Å². The molecule has 1 aliphatic rings. The third kappa shape index (κ3) is 5.93. The molecular weight excluding hydrogens is 591 g/mol. The number of carbonyl (C=O) groups excluding carboxylic acids is 1. The van der Waals surface area contributed by atoms with E-state index in [4.69, 9.17) is 26.2 Å². The van der Waals surface area contributed by atoms with E-state index in [0.717, 1.165) is 82.1 Å². The van der Waals surface area contributed by atoms with E-state index in [0.29, 0.717) is 42.5 Å². The van der Waals surface area contributed by atoms with Crippen LogP contribution in [0.25, 0.3) is 32.8 Å². The van der Waals surface area contributed by atoms with E-state index in [1.807, 2.05) is 49.0 Å². The molecule has 0 saturated carbocycles. The van der Waals surface area contributed by atoms with Crippen LogP contribution in [0.5, 0.6) is 5.75 Å². The van der Waals surface area contributed by atoms with Gasteiger partial charge in [-0.15, -0.1) is 0 Å². The summed E-state index contributed by atoms with van der Waals surface area (Å²) in [6.45, 7) is 7.01. The first-order valence-corrected chi connectivity index (χ1v) is 16.3. The highest BCUT2D eigenvalue weighted by Crippen LogP contribution is 2.43. The number of benzene rings is 3. The molecular formula is C36H40ClFN4O3. The van der Waals surface area contributed by atoms with Gasteiger partial charge in [-0.1, -0.05) is 36.7 Å². The molecule has 0 saturated heterocycles. The van der Waals surface area contributed by atoms with Gasteiger partial charge in [-0.25, -0.2) is 9.18 Å². The summed E-state index contributed by atoms with van der Waals surface area (Å²) in [5, 5.41) is 8.27. The number of hydrogen-bond acceptors (Lipinski definition) is 5. The maximum Gasteiger partial charge on any atom is 0.355 e. The van der Waals surface area contributed by atoms with Crippen molar-refractivity contribution in [1.82, 2.24) is 19.2 Å². The maximum absolute atomic E-state index is 13.8. The van der Waals surface area contributed by atoms with Gasteiger partial charge in [-0.3, -0.25) is 4.68 Å². The average Bonchev–Trinajstić information content (AvgIpc) is 3.50. The number of halogens is 2. The second kappa shape index (κ2) is 13.2. The first-order valence-electron chi connectivity index (χ1n) is 15.9. The van der Waals surface area contributed by atoms with Crippen molar-refractivity contribution in [2.75, 3.05) is 33.4 Å². The van der Waals surface area contributed by atoms with Crippen molar-refractivity contribution in [2.24, 2.45) is 7.05 Å². The smallest absolute Gasteiger partial charge is 0.355 e. The molecule has 0 fully saturated rings. The minimum atomic E-state index is -0.331. The van der Waals surface area contributed by atoms with E-state index >= 15 is 0 Å². The number of nitrogens with zero attached hydrogens (tertiary/aromatic N) is 4. The second-order valence-electron chi connectivity index (χ2n) is 11.7. The van der Waals surface area contributed by atoms with Crippen molar-refractivity contribution in [1.29, 1.82) is 0 Å². The average molecular weight is 631 g/mol. The standard InChI is InChI=1S/C36H40ClFN4O3/c1-5-30-33-29(39-41(30)4)12-8-18-40(3)19-20-42-34-27(16-17-28(37)32(33)34)26(35(42)36(43)44-6-2)11-9-21-45-31-13-7-10-23-22-24(38)14-15-25(23)31/h7,10,13-17,22H,5-6,8-9,11-12,18-21H2,1-4H3. The highest BCUT2D eigenvalue weighted by Gasteiger charge is 2.30. The Hall–Kier alpha value is -3.88. The Labute approximate surface area is 268 Å². The van der Waals surface area contributed by atoms with Crippen LogP contribution in [0, 0.1) is 5.82 Å². The third-order valence-electron chi connectivity index (χ3n) is 8.86. The number of carbonyl (C=O) groups is 1. The largest absolute Gasteiger partial charge is 0.493 e. The molecule has 0 atom stereocenters. The van der Waals surface area contributed by atoms with E-state index in [1.165, 1.54) is 12.1 Å². The second-order valence-corrected chi connectivity index (χ2v) is 12.2. The lowest BCUT2D eigenvalue weighted by Gasteiger charge is -2.19. The number of fused-ring (bicyclic) bond motifs is 3. The summed E-state index contributed by atoms with van der Waals surface area (Å²) in [5.74, 6) is 0.106. The molecule has 0 aliphatic carbocycles. The Morgan fingerprint density at radius 1 is 1.02 bits per heavy atom. The molecule has 236 valence electrons. The van der Waals surface area contributed by atoms with Gasteiger partial charge in [0.1, 0.15) is 17.3 Å². The summed E-state index contributed by atoms with van der Waals surface area (Å²) in [6.07, 6.45) is 3.90. The van der Waals surface area contributed by atoms with Gasteiger partial charge in [0, 0.05) is 47.7 Å². The zero-order valence-electron chi connectivity index (χ0n) is 26.5. The Morgan fingerprint density at radius 3 is 2.64 bits per heavy atom. The number of likely N-dealkylation sites (N-methyl/N-ethyl adjacent to an activating group) is 1. The molecule has 1 aliphatic heterocycles. The molecule has 9 heteroatoms. The van der Waals surface area contributed by atoms with Gasteiger partial charge in [-0.05, 0) is 93.9 Å². The van der Waals surface area contributed by atoms with Gasteiger partial charge in [0.05, 0.1) is 29.4 Å². The number of rotatable bonds is 8. The monoisotopic (exact) mass is 630 g/mol. The Bertz CT molecular complexity index is 1880. The minimum absolute atomic E-state index is 0.274. The molecule has 45 heavy (non-hydrogen) atoms. The van der Waals surface area contributed by atoms with Crippen molar-refractivity contribution in [3.05, 3.63) is 82.0 Å². The predicted octanol–water partition coefficient (Wildman–Crippen LogP) is 7.62. The summed E-state index contributed by atoms with van der Waals surface area (Å²) in [6, 6.07) is 14.4. The number of aromatic nitrogens is 3. The van der Waals surface area contributed by atoms with Gasteiger partial charge >= 0.3 is 5.97 Å². The Kier molecular flexibility index (Phi) is 9.15. The molecule has 3 aromatic carbocycles. The lowest BCUT2D eigenvalue weighted by atomic mass is 9.96. The lowest BCUT2D eigenvalue weighted by Crippen LogP contribution is -2.26. The van der Waals surface area contributed by atoms with Crippen molar-refractivity contribution in [3.63, 3.8) is 0 Å². The van der Waals surface area contributed by atoms with E-state index < -0.39 is 0 Å². The van der Waals surface area contributed by atoms with Gasteiger partial charge < -0.3 is 18.9 Å². The fourth-order valence-electron chi connectivity index (χ4n) is 6.81. The minimum Gasteiger partial charge on any atom is -0.493 e. The molecule has 6 rings (SSSR count). The molecule has 3 heterocycles. The van der Waals surface area contributed by atoms with Crippen LogP contribution in [0.1, 0.15) is 54.1 Å². The maximum atomic E-state index is 13.8. The summed E-state index contributed by atoms with van der Waals surface area (Å²) < 4.78 is 29.8. The number of esters is 1. The predicted molar refractivity (Wildman–Crippen MR) is 178 cm³/mol. The van der Waals surface area contributed by atoms with Crippen LogP contribution in [0.4, 0.5) is 4.39 Å². The van der Waals surface area contributed by atoms with E-state index in [1.54, 1.807) is 6.07 Å². The van der Waals surface area contributed by atoms with Crippen molar-refractivity contribution >= 4 is 39.2 Å². The topological polar surface area (TPSA) is 61.5 Å². The van der Waals surface area contributed by atoms with Gasteiger partial charge in [0.15, 0.2) is 0 Å². The van der Waals surface area contributed by atoms with E-state index in [2.05, 4.69) is 23.4 Å². The molecule has 0 bridgehead atoms. The number of hydrogen-bond donors (Lipinski definition) is 0. The van der Waals surface area contributed by atoms with E-state index in [-0.39, 0.29) is 18.4 Å². The van der Waals surface area contributed by atoms with Gasteiger partial charge in [-0.2, -0.15) is 5.10 Å². The SMILES string of the molecule is CCOC(=O)c1c(CCCOc2cccc3cc(F)ccc23)c2ccc(Cl)c3c2n1CCN(C)CCCc1nn(C)c(CC)c1-3. The molecule has 0 radical (unpaired) electrons. The molecule has 0 amide bonds. The zero-order chi connectivity index (χ0) is 31.7. The molecule has 0 N–H and O–H groups in total. The highest BCUT2D eigenvalue weighted by molar-refractivity contribution is 6.35. The first-order chi connectivity index (χ1) is 21.8. The molecule has 2 aromatic heterocycles. The summed E-state index contributed by atoms with van der Waals surface area (Å²) in [7, 11) is 4.12. The number of aryl methyl sites for hydroxylation is 3. The van der Waals surface area contributed by atoms with Crippen LogP contribution in [0.15, 0.2) is 48.5 Å². The van der Waals surface area contributed by atoms with Crippen molar-refractivity contribution < 1.29 is 18.7 Å². The van der Waals surface area contributed by atoms with Crippen LogP contribution < -0.4 is 4.74 Å². The normalized spacial score (nSPS) is 14.0. The van der Waals surface area contributed by atoms with Crippen molar-refractivity contribution in [3.8, 4) is 16.9 Å². The van der Waals surface area contributed by atoms with Crippen LogP contribution in [0.3, 0.4) is 0 Å². The van der Waals surface area contributed by atoms with Crippen LogP contribution in [0.2, 0.25) is 5.02 Å². The number of ether oxygens (including phenoxy) is 2. The lowest BCUT2D eigenvalue weighted by molar-refractivity contribution is 0.0512. The van der Waals surface area contributed by atoms with Gasteiger partial charge in [0.25, 0.3) is 0 Å². The fraction of sp³-hybridized carbons (Fsp3) is 0.389. The quantitative estimate of drug-likeness (QED) is 0.130. The third-order valence-corrected chi connectivity index (χ3v) is 9.17. The molecule has 0 spiro atoms. The van der Waals surface area contributed by atoms with Crippen LogP contribution in [-0.2, 0) is 37.6 Å². The van der Waals surface area contributed by atoms with Crippen LogP contribution >= 0.6 is 11.6 Å². The molecule has 7 nitrogen and oxygen atoms in total. The zero-order valence-corrected chi connectivity index (χ0v) is 27.2. The van der Waals surface area contributed by atoms with Crippen LogP contribution in [-0.4, -0.2) is 58.6 Å². The summed E-state index contributed by atoms with van der Waals surface area (Å²) in [5.41, 5.74) is 6.65. The Balaban J connectivity index is 1.46.